The van der Waals surface area contributed by atoms with Crippen LogP contribution in [-0.2, 0) is 4.74 Å². The van der Waals surface area contributed by atoms with E-state index in [2.05, 4.69) is 25.1 Å². The molecular weight excluding hydrogens is 236 g/mol. The van der Waals surface area contributed by atoms with Crippen LogP contribution in [0.5, 0.6) is 0 Å². The van der Waals surface area contributed by atoms with Crippen LogP contribution < -0.4 is 5.73 Å². The maximum absolute atomic E-state index is 11.4. The summed E-state index contributed by atoms with van der Waals surface area (Å²) in [5.41, 5.74) is 5.51. The Morgan fingerprint density at radius 1 is 1.28 bits per heavy atom. The summed E-state index contributed by atoms with van der Waals surface area (Å²) in [6.07, 6.45) is 3.09. The second kappa shape index (κ2) is 5.13. The van der Waals surface area contributed by atoms with Crippen LogP contribution in [0.1, 0.15) is 17.4 Å². The lowest BCUT2D eigenvalue weighted by Gasteiger charge is -2.03. The highest BCUT2D eigenvalue weighted by molar-refractivity contribution is 5.91. The van der Waals surface area contributed by atoms with Gasteiger partial charge in [-0.2, -0.15) is 0 Å². The highest BCUT2D eigenvalue weighted by Gasteiger charge is 2.17. The van der Waals surface area contributed by atoms with Crippen molar-refractivity contribution in [1.29, 1.82) is 0 Å². The van der Waals surface area contributed by atoms with Crippen molar-refractivity contribution in [1.82, 2.24) is 25.1 Å². The molecule has 0 aromatic carbocycles. The summed E-state index contributed by atoms with van der Waals surface area (Å²) < 4.78 is 4.76. The number of hydrogen-bond donors (Lipinski definition) is 1. The Morgan fingerprint density at radius 3 is 2.61 bits per heavy atom. The molecular formula is C10H10N6O2. The van der Waals surface area contributed by atoms with Crippen molar-refractivity contribution in [2.24, 2.45) is 0 Å². The molecule has 0 saturated heterocycles. The number of rotatable bonds is 3. The highest BCUT2D eigenvalue weighted by Crippen LogP contribution is 2.11. The molecule has 2 heterocycles. The van der Waals surface area contributed by atoms with Gasteiger partial charge in [-0.25, -0.2) is 19.7 Å². The smallest absolute Gasteiger partial charge is 0.362 e. The van der Waals surface area contributed by atoms with E-state index in [1.165, 1.54) is 0 Å². The van der Waals surface area contributed by atoms with E-state index < -0.39 is 5.97 Å². The summed E-state index contributed by atoms with van der Waals surface area (Å²) in [4.78, 5) is 23.3. The fraction of sp³-hybridized carbons (Fsp3) is 0.200. The van der Waals surface area contributed by atoms with Gasteiger partial charge in [0.05, 0.1) is 6.61 Å². The molecule has 2 N–H and O–H groups in total. The Balaban J connectivity index is 2.34. The Labute approximate surface area is 102 Å². The molecule has 0 fully saturated rings. The zero-order chi connectivity index (χ0) is 13.0. The number of nitrogens with two attached hydrogens (primary N) is 1. The van der Waals surface area contributed by atoms with Crippen molar-refractivity contribution in [3.05, 3.63) is 24.2 Å². The number of carbonyl (C=O) groups excluding carboxylic acids is 1. The van der Waals surface area contributed by atoms with Gasteiger partial charge in [0.15, 0.2) is 11.6 Å². The molecule has 18 heavy (non-hydrogen) atoms. The van der Waals surface area contributed by atoms with Gasteiger partial charge in [-0.1, -0.05) is 0 Å². The SMILES string of the molecule is CCOC(=O)c1nnc(-c2ncccn2)nc1N. The van der Waals surface area contributed by atoms with E-state index in [1.54, 1.807) is 25.4 Å². The van der Waals surface area contributed by atoms with Crippen LogP contribution in [0.4, 0.5) is 5.82 Å². The van der Waals surface area contributed by atoms with Gasteiger partial charge in [-0.15, -0.1) is 10.2 Å². The maximum Gasteiger partial charge on any atom is 0.362 e. The molecule has 0 unspecified atom stereocenters. The summed E-state index contributed by atoms with van der Waals surface area (Å²) >= 11 is 0. The van der Waals surface area contributed by atoms with Crippen LogP contribution in [0, 0.1) is 0 Å². The monoisotopic (exact) mass is 246 g/mol. The van der Waals surface area contributed by atoms with E-state index in [0.717, 1.165) is 0 Å². The minimum absolute atomic E-state index is 0.0640. The molecule has 8 heteroatoms. The number of nitrogen functional groups attached to an aromatic ring is 1. The van der Waals surface area contributed by atoms with Crippen LogP contribution in [0.15, 0.2) is 18.5 Å². The molecule has 0 aliphatic rings. The van der Waals surface area contributed by atoms with Gasteiger partial charge in [0.25, 0.3) is 0 Å². The van der Waals surface area contributed by atoms with Crippen molar-refractivity contribution >= 4 is 11.8 Å². The predicted molar refractivity (Wildman–Crippen MR) is 61.2 cm³/mol. The molecule has 0 saturated carbocycles. The second-order valence-corrected chi connectivity index (χ2v) is 3.16. The molecule has 8 nitrogen and oxygen atoms in total. The molecule has 2 aromatic rings. The number of hydrogen-bond acceptors (Lipinski definition) is 8. The molecule has 0 amide bonds. The number of ether oxygens (including phenoxy) is 1. The molecule has 0 spiro atoms. The average Bonchev–Trinajstić information content (AvgIpc) is 2.40. The standard InChI is InChI=1S/C10H10N6O2/c1-2-18-10(17)6-7(11)14-9(16-15-6)8-12-4-3-5-13-8/h3-5H,2H2,1H3,(H2,11,14,16). The second-order valence-electron chi connectivity index (χ2n) is 3.16. The lowest BCUT2D eigenvalue weighted by Crippen LogP contribution is -2.14. The van der Waals surface area contributed by atoms with Gasteiger partial charge < -0.3 is 10.5 Å². The zero-order valence-corrected chi connectivity index (χ0v) is 9.57. The molecule has 2 aromatic heterocycles. The fourth-order valence-corrected chi connectivity index (χ4v) is 1.19. The van der Waals surface area contributed by atoms with Crippen LogP contribution in [0.25, 0.3) is 11.6 Å². The van der Waals surface area contributed by atoms with Gasteiger partial charge in [0.2, 0.25) is 11.5 Å². The van der Waals surface area contributed by atoms with Gasteiger partial charge in [0, 0.05) is 12.4 Å². The molecule has 0 atom stereocenters. The van der Waals surface area contributed by atoms with Gasteiger partial charge >= 0.3 is 5.97 Å². The molecule has 2 rings (SSSR count). The number of aromatic nitrogens is 5. The Morgan fingerprint density at radius 2 is 2.00 bits per heavy atom. The van der Waals surface area contributed by atoms with Gasteiger partial charge in [0.1, 0.15) is 0 Å². The normalized spacial score (nSPS) is 10.1. The average molecular weight is 246 g/mol. The summed E-state index contributed by atoms with van der Waals surface area (Å²) in [5.74, 6) is -0.283. The van der Waals surface area contributed by atoms with E-state index in [-0.39, 0.29) is 29.8 Å². The highest BCUT2D eigenvalue weighted by atomic mass is 16.5. The van der Waals surface area contributed by atoms with Crippen molar-refractivity contribution in [3.8, 4) is 11.6 Å². The molecule has 0 aliphatic heterocycles. The van der Waals surface area contributed by atoms with Gasteiger partial charge in [-0.3, -0.25) is 0 Å². The van der Waals surface area contributed by atoms with E-state index in [9.17, 15) is 4.79 Å². The minimum Gasteiger partial charge on any atom is -0.461 e. The first kappa shape index (κ1) is 11.8. The van der Waals surface area contributed by atoms with Crippen LogP contribution in [-0.4, -0.2) is 37.7 Å². The third-order valence-corrected chi connectivity index (χ3v) is 1.95. The molecule has 92 valence electrons. The van der Waals surface area contributed by atoms with E-state index in [1.807, 2.05) is 0 Å². The van der Waals surface area contributed by atoms with Crippen molar-refractivity contribution < 1.29 is 9.53 Å². The number of nitrogens with zero attached hydrogens (tertiary/aromatic N) is 5. The summed E-state index contributed by atoms with van der Waals surface area (Å²) in [6.45, 7) is 1.91. The lowest BCUT2D eigenvalue weighted by atomic mass is 10.4. The topological polar surface area (TPSA) is 117 Å². The van der Waals surface area contributed by atoms with E-state index in [0.29, 0.717) is 0 Å². The quantitative estimate of drug-likeness (QED) is 0.757. The zero-order valence-electron chi connectivity index (χ0n) is 9.57. The summed E-state index contributed by atoms with van der Waals surface area (Å²) in [5, 5.41) is 7.43. The van der Waals surface area contributed by atoms with Gasteiger partial charge in [-0.05, 0) is 13.0 Å². The Bertz CT molecular complexity index is 560. The number of esters is 1. The van der Waals surface area contributed by atoms with Crippen LogP contribution in [0.2, 0.25) is 0 Å². The number of carbonyl (C=O) groups is 1. The maximum atomic E-state index is 11.4. The summed E-state index contributed by atoms with van der Waals surface area (Å²) in [7, 11) is 0. The first-order valence-electron chi connectivity index (χ1n) is 5.17. The first-order chi connectivity index (χ1) is 8.72. The van der Waals surface area contributed by atoms with Crippen LogP contribution in [0.3, 0.4) is 0 Å². The fourth-order valence-electron chi connectivity index (χ4n) is 1.19. The molecule has 0 radical (unpaired) electrons. The van der Waals surface area contributed by atoms with E-state index >= 15 is 0 Å². The third-order valence-electron chi connectivity index (χ3n) is 1.95. The predicted octanol–water partition coefficient (Wildman–Crippen LogP) is 0.0875. The van der Waals surface area contributed by atoms with E-state index in [4.69, 9.17) is 10.5 Å². The van der Waals surface area contributed by atoms with Crippen molar-refractivity contribution in [2.45, 2.75) is 6.92 Å². The van der Waals surface area contributed by atoms with Crippen molar-refractivity contribution in [2.75, 3.05) is 12.3 Å². The summed E-state index contributed by atoms with van der Waals surface area (Å²) in [6, 6.07) is 1.66. The molecule has 0 bridgehead atoms. The Kier molecular flexibility index (Phi) is 3.37. The number of anilines is 1. The lowest BCUT2D eigenvalue weighted by molar-refractivity contribution is 0.0519. The minimum atomic E-state index is -0.657. The first-order valence-corrected chi connectivity index (χ1v) is 5.17. The van der Waals surface area contributed by atoms with Crippen LogP contribution >= 0.6 is 0 Å². The third kappa shape index (κ3) is 2.37. The van der Waals surface area contributed by atoms with Crippen molar-refractivity contribution in [3.63, 3.8) is 0 Å². The largest absolute Gasteiger partial charge is 0.461 e. The Hall–Kier alpha value is -2.64. The molecule has 0 aliphatic carbocycles.